The fourth-order valence-corrected chi connectivity index (χ4v) is 7.30. The number of fused-ring (bicyclic) bond motifs is 1. The van der Waals surface area contributed by atoms with Crippen LogP contribution in [0.4, 0.5) is 5.69 Å². The molecule has 3 fully saturated rings. The summed E-state index contributed by atoms with van der Waals surface area (Å²) in [6, 6.07) is 4.19. The molecule has 1 amide bonds. The summed E-state index contributed by atoms with van der Waals surface area (Å²) in [6.45, 7) is 7.24. The highest BCUT2D eigenvalue weighted by molar-refractivity contribution is 7.99. The molecule has 2 aromatic rings. The average molecular weight is 823 g/mol. The van der Waals surface area contributed by atoms with Crippen LogP contribution in [-0.4, -0.2) is 117 Å². The van der Waals surface area contributed by atoms with Gasteiger partial charge in [0, 0.05) is 46.4 Å². The summed E-state index contributed by atoms with van der Waals surface area (Å²) in [4.78, 5) is 104. The van der Waals surface area contributed by atoms with Crippen LogP contribution in [0.1, 0.15) is 60.6 Å². The first-order valence-corrected chi connectivity index (χ1v) is 18.5. The molecule has 2 N–H and O–H groups in total. The Bertz CT molecular complexity index is 1950. The SMILES string of the molecule is CC(=O)OC[C@H]1O[C@@H](Sc2ccc(NC(=O)CCC(=O)OC[C@H]3O[C@@H](n4ccc(=O)[nH]c4=O)[C@@H]4OC(C)(C)O[C@@H]43)cn2)[C@H](OC(C)=O)[C@@H](OC(C)=O)[C@H]1OC(C)=O. The molecule has 310 valence electrons. The largest absolute Gasteiger partial charge is 0.463 e. The highest BCUT2D eigenvalue weighted by Crippen LogP contribution is 2.43. The van der Waals surface area contributed by atoms with Crippen molar-refractivity contribution in [1.29, 1.82) is 0 Å². The molecule has 0 bridgehead atoms. The molecule has 0 aromatic carbocycles. The molecule has 5 rings (SSSR count). The second kappa shape index (κ2) is 18.4. The lowest BCUT2D eigenvalue weighted by atomic mass is 9.99. The molecule has 0 aliphatic carbocycles. The number of carbonyl (C=O) groups is 6. The van der Waals surface area contributed by atoms with Gasteiger partial charge < -0.3 is 47.9 Å². The fourth-order valence-electron chi connectivity index (χ4n) is 6.26. The van der Waals surface area contributed by atoms with Gasteiger partial charge in [-0.25, -0.2) is 9.78 Å². The van der Waals surface area contributed by atoms with E-state index in [0.717, 1.165) is 43.2 Å². The number of pyridine rings is 1. The minimum absolute atomic E-state index is 0.250. The second-order valence-corrected chi connectivity index (χ2v) is 14.6. The van der Waals surface area contributed by atoms with Crippen LogP contribution in [0, 0.1) is 0 Å². The van der Waals surface area contributed by atoms with Gasteiger partial charge in [0.1, 0.15) is 37.6 Å². The van der Waals surface area contributed by atoms with Crippen LogP contribution >= 0.6 is 11.8 Å². The summed E-state index contributed by atoms with van der Waals surface area (Å²) in [7, 11) is 0. The van der Waals surface area contributed by atoms with Gasteiger partial charge in [0.2, 0.25) is 5.91 Å². The summed E-state index contributed by atoms with van der Waals surface area (Å²) >= 11 is 0.953. The number of rotatable bonds is 14. The van der Waals surface area contributed by atoms with Crippen LogP contribution in [0.25, 0.3) is 0 Å². The number of carbonyl (C=O) groups excluding carboxylic acids is 6. The van der Waals surface area contributed by atoms with Crippen molar-refractivity contribution < 1.29 is 71.4 Å². The molecule has 2 aromatic heterocycles. The van der Waals surface area contributed by atoms with Gasteiger partial charge in [-0.2, -0.15) is 0 Å². The predicted molar refractivity (Wildman–Crippen MR) is 190 cm³/mol. The molecule has 22 heteroatoms. The van der Waals surface area contributed by atoms with Crippen LogP contribution in [0.2, 0.25) is 0 Å². The monoisotopic (exact) mass is 822 g/mol. The van der Waals surface area contributed by atoms with Crippen molar-refractivity contribution in [3.63, 3.8) is 0 Å². The van der Waals surface area contributed by atoms with Crippen LogP contribution in [-0.2, 0) is 71.4 Å². The summed E-state index contributed by atoms with van der Waals surface area (Å²) in [5.74, 6) is -5.19. The maximum Gasteiger partial charge on any atom is 0.330 e. The minimum atomic E-state index is -1.35. The lowest BCUT2D eigenvalue weighted by molar-refractivity contribution is -0.237. The zero-order valence-electron chi connectivity index (χ0n) is 31.7. The van der Waals surface area contributed by atoms with E-state index in [1.54, 1.807) is 13.8 Å². The van der Waals surface area contributed by atoms with Crippen molar-refractivity contribution in [3.05, 3.63) is 51.4 Å². The Balaban J connectivity index is 1.16. The molecule has 0 radical (unpaired) electrons. The van der Waals surface area contributed by atoms with E-state index >= 15 is 0 Å². The standard InChI is InChI=1S/C35H42N4O17S/c1-16(40)48-14-21-27(50-17(2)41)29(51-18(3)42)31(52-19(4)43)33(54-21)57-25-9-7-20(13-36-25)37-23(44)8-10-26(46)49-15-22-28-30(56-35(5,6)55-28)32(53-22)39-12-11-24(45)38-34(39)47/h7,9,11-13,21-22,27-33H,8,10,14-15H2,1-6H3,(H,37,44)(H,38,45,47)/t21-,22-,27+,28-,29+,30-,31-,32-,33+/m1/s1. The topological polar surface area (TPSA) is 265 Å². The first-order chi connectivity index (χ1) is 26.9. The van der Waals surface area contributed by atoms with E-state index in [1.807, 2.05) is 0 Å². The number of anilines is 1. The van der Waals surface area contributed by atoms with Crippen molar-refractivity contribution >= 4 is 53.2 Å². The molecule has 3 saturated heterocycles. The number of hydrogen-bond acceptors (Lipinski definition) is 19. The Labute approximate surface area is 328 Å². The smallest absolute Gasteiger partial charge is 0.330 e. The normalized spacial score (nSPS) is 27.4. The summed E-state index contributed by atoms with van der Waals surface area (Å²) in [5.41, 5.74) is -2.13. The van der Waals surface area contributed by atoms with Crippen molar-refractivity contribution in [2.75, 3.05) is 18.5 Å². The molecule has 57 heavy (non-hydrogen) atoms. The van der Waals surface area contributed by atoms with Gasteiger partial charge in [0.05, 0.1) is 23.3 Å². The first kappa shape index (κ1) is 43.0. The lowest BCUT2D eigenvalue weighted by Gasteiger charge is -2.44. The number of thioether (sulfide) groups is 1. The van der Waals surface area contributed by atoms with Crippen LogP contribution in [0.3, 0.4) is 0 Å². The minimum Gasteiger partial charge on any atom is -0.463 e. The van der Waals surface area contributed by atoms with Gasteiger partial charge in [0.15, 0.2) is 35.8 Å². The lowest BCUT2D eigenvalue weighted by Crippen LogP contribution is -2.61. The molecule has 0 unspecified atom stereocenters. The Morgan fingerprint density at radius 3 is 2.09 bits per heavy atom. The van der Waals surface area contributed by atoms with E-state index in [2.05, 4.69) is 15.3 Å². The predicted octanol–water partition coefficient (Wildman–Crippen LogP) is 0.486. The third-order valence-electron chi connectivity index (χ3n) is 8.42. The number of hydrogen-bond donors (Lipinski definition) is 2. The van der Waals surface area contributed by atoms with E-state index in [0.29, 0.717) is 5.03 Å². The van der Waals surface area contributed by atoms with Crippen molar-refractivity contribution in [3.8, 4) is 0 Å². The van der Waals surface area contributed by atoms with E-state index in [4.69, 9.17) is 42.6 Å². The Morgan fingerprint density at radius 1 is 0.807 bits per heavy atom. The molecule has 0 saturated carbocycles. The summed E-state index contributed by atoms with van der Waals surface area (Å²) < 4.78 is 51.9. The number of amides is 1. The third-order valence-corrected chi connectivity index (χ3v) is 9.52. The Morgan fingerprint density at radius 2 is 1.46 bits per heavy atom. The molecular weight excluding hydrogens is 780 g/mol. The van der Waals surface area contributed by atoms with E-state index < -0.39 is 107 Å². The average Bonchev–Trinajstić information content (AvgIpc) is 3.60. The second-order valence-electron chi connectivity index (χ2n) is 13.4. The number of ether oxygens (including phenoxy) is 9. The summed E-state index contributed by atoms with van der Waals surface area (Å²) in [5, 5.41) is 2.93. The van der Waals surface area contributed by atoms with Crippen molar-refractivity contribution in [1.82, 2.24) is 14.5 Å². The quantitative estimate of drug-likeness (QED) is 0.194. The Hall–Kier alpha value is -5.16. The number of aromatic nitrogens is 3. The van der Waals surface area contributed by atoms with Gasteiger partial charge >= 0.3 is 35.5 Å². The number of H-pyrrole nitrogens is 1. The maximum absolute atomic E-state index is 12.7. The molecule has 3 aliphatic heterocycles. The highest BCUT2D eigenvalue weighted by atomic mass is 32.2. The van der Waals surface area contributed by atoms with E-state index in [1.165, 1.54) is 31.5 Å². The van der Waals surface area contributed by atoms with Gasteiger partial charge in [0.25, 0.3) is 5.56 Å². The third kappa shape index (κ3) is 11.5. The first-order valence-electron chi connectivity index (χ1n) is 17.6. The van der Waals surface area contributed by atoms with Crippen molar-refractivity contribution in [2.24, 2.45) is 0 Å². The highest BCUT2D eigenvalue weighted by Gasteiger charge is 2.56. The van der Waals surface area contributed by atoms with Gasteiger partial charge in [-0.1, -0.05) is 11.8 Å². The van der Waals surface area contributed by atoms with Crippen LogP contribution in [0.5, 0.6) is 0 Å². The van der Waals surface area contributed by atoms with E-state index in [-0.39, 0.29) is 31.7 Å². The molecule has 21 nitrogen and oxygen atoms in total. The summed E-state index contributed by atoms with van der Waals surface area (Å²) in [6.07, 6.45) is -6.29. The van der Waals surface area contributed by atoms with Crippen molar-refractivity contribution in [2.45, 2.75) is 120 Å². The fraction of sp³-hybridized carbons (Fsp3) is 0.571. The maximum atomic E-state index is 12.7. The molecule has 3 aliphatic rings. The number of nitrogens with one attached hydrogen (secondary N) is 2. The van der Waals surface area contributed by atoms with Gasteiger partial charge in [-0.3, -0.25) is 43.1 Å². The van der Waals surface area contributed by atoms with Crippen LogP contribution < -0.4 is 16.6 Å². The molecular formula is C35H42N4O17S. The molecule has 5 heterocycles. The van der Waals surface area contributed by atoms with Gasteiger partial charge in [-0.15, -0.1) is 0 Å². The van der Waals surface area contributed by atoms with Crippen LogP contribution in [0.15, 0.2) is 45.2 Å². The zero-order chi connectivity index (χ0) is 41.6. The number of aromatic amines is 1. The molecule has 0 spiro atoms. The molecule has 9 atom stereocenters. The van der Waals surface area contributed by atoms with Gasteiger partial charge in [-0.05, 0) is 26.0 Å². The number of nitrogens with zero attached hydrogens (tertiary/aromatic N) is 2. The van der Waals surface area contributed by atoms with E-state index in [9.17, 15) is 38.4 Å². The number of esters is 5. The Kier molecular flexibility index (Phi) is 13.9. The zero-order valence-corrected chi connectivity index (χ0v) is 32.5.